The number of ether oxygens (including phenoxy) is 5. The van der Waals surface area contributed by atoms with E-state index in [1.54, 1.807) is 18.2 Å². The minimum atomic E-state index is -0.183. The van der Waals surface area contributed by atoms with Crippen molar-refractivity contribution in [2.45, 2.75) is 12.2 Å². The van der Waals surface area contributed by atoms with Gasteiger partial charge in [0.2, 0.25) is 5.75 Å². The number of phenolic OH excluding ortho intramolecular Hbond substituents is 2. The maximum Gasteiger partial charge on any atom is 0.200 e. The molecular formula is C21H24O7. The van der Waals surface area contributed by atoms with E-state index in [0.717, 1.165) is 11.1 Å². The fraction of sp³-hybridized carbons (Fsp3) is 0.429. The SMILES string of the molecule is COc1cc([C@H]2OC[C@@H]3[C@@H]2CO[C@H]3c2cc(OC)c(O)c(OC)c2)ccc1O. The van der Waals surface area contributed by atoms with E-state index in [-0.39, 0.29) is 35.5 Å². The van der Waals surface area contributed by atoms with Gasteiger partial charge < -0.3 is 33.9 Å². The highest BCUT2D eigenvalue weighted by Crippen LogP contribution is 2.52. The summed E-state index contributed by atoms with van der Waals surface area (Å²) in [6, 6.07) is 8.84. The van der Waals surface area contributed by atoms with Gasteiger partial charge in [0.15, 0.2) is 23.0 Å². The van der Waals surface area contributed by atoms with Crippen molar-refractivity contribution < 1.29 is 33.9 Å². The third kappa shape index (κ3) is 3.00. The van der Waals surface area contributed by atoms with Gasteiger partial charge in [-0.15, -0.1) is 0 Å². The summed E-state index contributed by atoms with van der Waals surface area (Å²) in [5.41, 5.74) is 1.83. The van der Waals surface area contributed by atoms with E-state index in [9.17, 15) is 10.2 Å². The first-order valence-corrected chi connectivity index (χ1v) is 9.12. The number of hydrogen-bond donors (Lipinski definition) is 2. The van der Waals surface area contributed by atoms with Gasteiger partial charge >= 0.3 is 0 Å². The number of benzene rings is 2. The van der Waals surface area contributed by atoms with Crippen LogP contribution >= 0.6 is 0 Å². The summed E-state index contributed by atoms with van der Waals surface area (Å²) >= 11 is 0. The van der Waals surface area contributed by atoms with Gasteiger partial charge in [0, 0.05) is 11.8 Å². The predicted molar refractivity (Wildman–Crippen MR) is 100 cm³/mol. The van der Waals surface area contributed by atoms with E-state index in [1.807, 2.05) is 12.1 Å². The molecule has 7 nitrogen and oxygen atoms in total. The van der Waals surface area contributed by atoms with Gasteiger partial charge in [0.05, 0.1) is 46.8 Å². The molecule has 0 bridgehead atoms. The van der Waals surface area contributed by atoms with Crippen LogP contribution in [-0.4, -0.2) is 44.8 Å². The molecule has 0 spiro atoms. The van der Waals surface area contributed by atoms with E-state index >= 15 is 0 Å². The van der Waals surface area contributed by atoms with E-state index in [0.29, 0.717) is 30.5 Å². The second-order valence-electron chi connectivity index (χ2n) is 7.04. The summed E-state index contributed by atoms with van der Waals surface area (Å²) in [5, 5.41) is 20.0. The molecule has 2 aromatic carbocycles. The molecule has 2 heterocycles. The van der Waals surface area contributed by atoms with Gasteiger partial charge in [-0.1, -0.05) is 6.07 Å². The molecule has 2 fully saturated rings. The average molecular weight is 388 g/mol. The molecule has 2 saturated heterocycles. The number of hydrogen-bond acceptors (Lipinski definition) is 7. The topological polar surface area (TPSA) is 86.6 Å². The second kappa shape index (κ2) is 7.41. The zero-order valence-corrected chi connectivity index (χ0v) is 16.0. The quantitative estimate of drug-likeness (QED) is 0.813. The predicted octanol–water partition coefficient (Wildman–Crippen LogP) is 3.20. The smallest absolute Gasteiger partial charge is 0.200 e. The molecule has 0 aliphatic carbocycles. The molecule has 0 unspecified atom stereocenters. The Kier molecular flexibility index (Phi) is 4.95. The van der Waals surface area contributed by atoms with Gasteiger partial charge in [0.1, 0.15) is 0 Å². The van der Waals surface area contributed by atoms with Crippen LogP contribution in [0.3, 0.4) is 0 Å². The van der Waals surface area contributed by atoms with Gasteiger partial charge in [-0.3, -0.25) is 0 Å². The number of rotatable bonds is 5. The van der Waals surface area contributed by atoms with Gasteiger partial charge in [0.25, 0.3) is 0 Å². The molecule has 7 heteroatoms. The molecule has 28 heavy (non-hydrogen) atoms. The molecule has 2 aliphatic rings. The maximum atomic E-state index is 10.2. The monoisotopic (exact) mass is 388 g/mol. The molecule has 2 aromatic rings. The third-order valence-corrected chi connectivity index (χ3v) is 5.63. The number of methoxy groups -OCH3 is 3. The van der Waals surface area contributed by atoms with Crippen LogP contribution in [0.1, 0.15) is 23.3 Å². The molecule has 0 aromatic heterocycles. The van der Waals surface area contributed by atoms with Crippen LogP contribution in [0.2, 0.25) is 0 Å². The summed E-state index contributed by atoms with van der Waals surface area (Å²) in [4.78, 5) is 0. The van der Waals surface area contributed by atoms with Crippen LogP contribution in [-0.2, 0) is 9.47 Å². The average Bonchev–Trinajstić information content (AvgIpc) is 3.31. The number of phenols is 2. The Bertz CT molecular complexity index is 841. The van der Waals surface area contributed by atoms with Crippen LogP contribution < -0.4 is 14.2 Å². The summed E-state index contributed by atoms with van der Waals surface area (Å²) < 4.78 is 28.0. The van der Waals surface area contributed by atoms with Crippen molar-refractivity contribution in [2.75, 3.05) is 34.5 Å². The van der Waals surface area contributed by atoms with Crippen molar-refractivity contribution in [1.29, 1.82) is 0 Å². The largest absolute Gasteiger partial charge is 0.504 e. The molecular weight excluding hydrogens is 364 g/mol. The Labute approximate surface area is 163 Å². The standard InChI is InChI=1S/C21H24O7/c1-24-16-6-11(4-5-15(16)22)20-13-9-28-21(14(13)10-27-20)12-7-17(25-2)19(23)18(8-12)26-3/h4-8,13-14,20-23H,9-10H2,1-3H3/t13-,14+,20+,21-/m0/s1. The molecule has 0 amide bonds. The van der Waals surface area contributed by atoms with Crippen LogP contribution in [0.4, 0.5) is 0 Å². The summed E-state index contributed by atoms with van der Waals surface area (Å²) in [5.74, 6) is 1.52. The highest BCUT2D eigenvalue weighted by atomic mass is 16.5. The van der Waals surface area contributed by atoms with E-state index in [2.05, 4.69) is 0 Å². The van der Waals surface area contributed by atoms with Gasteiger partial charge in [-0.05, 0) is 35.4 Å². The van der Waals surface area contributed by atoms with Gasteiger partial charge in [-0.2, -0.15) is 0 Å². The van der Waals surface area contributed by atoms with E-state index < -0.39 is 0 Å². The third-order valence-electron chi connectivity index (χ3n) is 5.63. The summed E-state index contributed by atoms with van der Waals surface area (Å²) in [6.45, 7) is 1.10. The maximum absolute atomic E-state index is 10.2. The fourth-order valence-electron chi connectivity index (χ4n) is 4.18. The Hall–Kier alpha value is -2.64. The van der Waals surface area contributed by atoms with Crippen LogP contribution in [0.5, 0.6) is 28.7 Å². The second-order valence-corrected chi connectivity index (χ2v) is 7.04. The fourth-order valence-corrected chi connectivity index (χ4v) is 4.18. The zero-order chi connectivity index (χ0) is 19.8. The number of fused-ring (bicyclic) bond motifs is 1. The van der Waals surface area contributed by atoms with Crippen LogP contribution in [0.15, 0.2) is 30.3 Å². The van der Waals surface area contributed by atoms with Crippen molar-refractivity contribution in [3.8, 4) is 28.7 Å². The van der Waals surface area contributed by atoms with Crippen molar-refractivity contribution >= 4 is 0 Å². The Balaban J connectivity index is 1.61. The summed E-state index contributed by atoms with van der Waals surface area (Å²) in [7, 11) is 4.53. The van der Waals surface area contributed by atoms with E-state index in [4.69, 9.17) is 23.7 Å². The van der Waals surface area contributed by atoms with Crippen LogP contribution in [0, 0.1) is 11.8 Å². The molecule has 0 saturated carbocycles. The van der Waals surface area contributed by atoms with Crippen LogP contribution in [0.25, 0.3) is 0 Å². The van der Waals surface area contributed by atoms with Crippen molar-refractivity contribution in [3.05, 3.63) is 41.5 Å². The Morgan fingerprint density at radius 1 is 0.750 bits per heavy atom. The lowest BCUT2D eigenvalue weighted by Crippen LogP contribution is -2.14. The summed E-state index contributed by atoms with van der Waals surface area (Å²) in [6.07, 6.45) is -0.317. The van der Waals surface area contributed by atoms with Crippen molar-refractivity contribution in [3.63, 3.8) is 0 Å². The highest BCUT2D eigenvalue weighted by molar-refractivity contribution is 5.53. The molecule has 2 aliphatic heterocycles. The first-order chi connectivity index (χ1) is 13.6. The molecule has 4 rings (SSSR count). The highest BCUT2D eigenvalue weighted by Gasteiger charge is 2.48. The van der Waals surface area contributed by atoms with E-state index in [1.165, 1.54) is 21.3 Å². The molecule has 4 atom stereocenters. The van der Waals surface area contributed by atoms with Crippen molar-refractivity contribution in [1.82, 2.24) is 0 Å². The lowest BCUT2D eigenvalue weighted by atomic mass is 9.85. The van der Waals surface area contributed by atoms with Crippen molar-refractivity contribution in [2.24, 2.45) is 11.8 Å². The Morgan fingerprint density at radius 2 is 1.25 bits per heavy atom. The van der Waals surface area contributed by atoms with Gasteiger partial charge in [-0.25, -0.2) is 0 Å². The first-order valence-electron chi connectivity index (χ1n) is 9.12. The Morgan fingerprint density at radius 3 is 1.79 bits per heavy atom. The molecule has 150 valence electrons. The lowest BCUT2D eigenvalue weighted by Gasteiger charge is -2.19. The molecule has 2 N–H and O–H groups in total. The minimum Gasteiger partial charge on any atom is -0.504 e. The first kappa shape index (κ1) is 18.7. The normalized spacial score (nSPS) is 26.1. The lowest BCUT2D eigenvalue weighted by molar-refractivity contribution is 0.0191. The zero-order valence-electron chi connectivity index (χ0n) is 16.0. The minimum absolute atomic E-state index is 0.0277. The number of aromatic hydroxyl groups is 2. The molecule has 0 radical (unpaired) electrons.